The molecular weight excluding hydrogens is 304 g/mol. The molecule has 0 aliphatic rings. The molecule has 0 aliphatic heterocycles. The van der Waals surface area contributed by atoms with Crippen molar-refractivity contribution in [3.63, 3.8) is 0 Å². The van der Waals surface area contributed by atoms with Crippen molar-refractivity contribution in [1.82, 2.24) is 0 Å². The lowest BCUT2D eigenvalue weighted by Crippen LogP contribution is -2.38. The average molecular weight is 319 g/mol. The number of hydrogen-bond donors (Lipinski definition) is 1. The van der Waals surface area contributed by atoms with Crippen molar-refractivity contribution in [1.29, 1.82) is 0 Å². The van der Waals surface area contributed by atoms with Crippen molar-refractivity contribution in [2.45, 2.75) is 19.4 Å². The van der Waals surface area contributed by atoms with Gasteiger partial charge < -0.3 is 19.3 Å². The highest BCUT2D eigenvalue weighted by Gasteiger charge is 2.32. The normalized spacial score (nSPS) is 10.9. The van der Waals surface area contributed by atoms with Gasteiger partial charge in [0.2, 0.25) is 5.75 Å². The SMILES string of the molecule is COc1cc(Br)cc(OC)c1OC(C)(C)C(=O)O. The number of aliphatic carboxylic acids is 1. The van der Waals surface area contributed by atoms with Gasteiger partial charge in [-0.15, -0.1) is 0 Å². The highest BCUT2D eigenvalue weighted by Crippen LogP contribution is 2.41. The monoisotopic (exact) mass is 318 g/mol. The lowest BCUT2D eigenvalue weighted by Gasteiger charge is -2.24. The van der Waals surface area contributed by atoms with Gasteiger partial charge >= 0.3 is 5.97 Å². The van der Waals surface area contributed by atoms with E-state index in [1.807, 2.05) is 0 Å². The second-order valence-corrected chi connectivity index (χ2v) is 4.97. The first-order valence-electron chi connectivity index (χ1n) is 5.15. The predicted molar refractivity (Wildman–Crippen MR) is 69.6 cm³/mol. The van der Waals surface area contributed by atoms with Crippen LogP contribution in [0.25, 0.3) is 0 Å². The summed E-state index contributed by atoms with van der Waals surface area (Å²) in [7, 11) is 2.95. The molecule has 0 amide bonds. The third-order valence-corrected chi connectivity index (χ3v) is 2.76. The smallest absolute Gasteiger partial charge is 0.347 e. The average Bonchev–Trinajstić information content (AvgIpc) is 2.30. The van der Waals surface area contributed by atoms with E-state index >= 15 is 0 Å². The van der Waals surface area contributed by atoms with E-state index in [4.69, 9.17) is 19.3 Å². The van der Waals surface area contributed by atoms with E-state index in [0.717, 1.165) is 4.47 Å². The molecule has 1 aromatic rings. The summed E-state index contributed by atoms with van der Waals surface area (Å²) in [5, 5.41) is 9.07. The van der Waals surface area contributed by atoms with Gasteiger partial charge in [0.25, 0.3) is 0 Å². The van der Waals surface area contributed by atoms with E-state index in [1.54, 1.807) is 12.1 Å². The number of rotatable bonds is 5. The Hall–Kier alpha value is -1.43. The van der Waals surface area contributed by atoms with Crippen molar-refractivity contribution in [2.75, 3.05) is 14.2 Å². The number of carboxylic acids is 1. The molecule has 0 unspecified atom stereocenters. The Labute approximate surface area is 114 Å². The number of carbonyl (C=O) groups is 1. The van der Waals surface area contributed by atoms with Crippen LogP contribution in [0.15, 0.2) is 16.6 Å². The van der Waals surface area contributed by atoms with Crippen LogP contribution < -0.4 is 14.2 Å². The van der Waals surface area contributed by atoms with Gasteiger partial charge in [-0.05, 0) is 26.0 Å². The van der Waals surface area contributed by atoms with Crippen LogP contribution in [0.5, 0.6) is 17.2 Å². The number of halogens is 1. The lowest BCUT2D eigenvalue weighted by atomic mass is 10.1. The first-order valence-corrected chi connectivity index (χ1v) is 5.95. The van der Waals surface area contributed by atoms with Crippen LogP contribution in [0.3, 0.4) is 0 Å². The van der Waals surface area contributed by atoms with Crippen LogP contribution in [-0.4, -0.2) is 30.9 Å². The molecule has 0 saturated heterocycles. The second kappa shape index (κ2) is 5.48. The summed E-state index contributed by atoms with van der Waals surface area (Å²) >= 11 is 3.31. The van der Waals surface area contributed by atoms with Crippen LogP contribution in [0.2, 0.25) is 0 Å². The molecule has 0 aliphatic carbocycles. The molecule has 1 aromatic carbocycles. The van der Waals surface area contributed by atoms with E-state index in [0.29, 0.717) is 11.5 Å². The topological polar surface area (TPSA) is 65.0 Å². The zero-order valence-electron chi connectivity index (χ0n) is 10.6. The highest BCUT2D eigenvalue weighted by atomic mass is 79.9. The lowest BCUT2D eigenvalue weighted by molar-refractivity contribution is -0.152. The molecule has 1 rings (SSSR count). The number of methoxy groups -OCH3 is 2. The van der Waals surface area contributed by atoms with Crippen molar-refractivity contribution in [2.24, 2.45) is 0 Å². The second-order valence-electron chi connectivity index (χ2n) is 4.06. The van der Waals surface area contributed by atoms with Crippen molar-refractivity contribution in [3.8, 4) is 17.2 Å². The van der Waals surface area contributed by atoms with Gasteiger partial charge in [-0.25, -0.2) is 4.79 Å². The minimum absolute atomic E-state index is 0.260. The fraction of sp³-hybridized carbons (Fsp3) is 0.417. The fourth-order valence-corrected chi connectivity index (χ4v) is 1.66. The Morgan fingerprint density at radius 2 is 1.67 bits per heavy atom. The van der Waals surface area contributed by atoms with Crippen molar-refractivity contribution in [3.05, 3.63) is 16.6 Å². The maximum Gasteiger partial charge on any atom is 0.347 e. The summed E-state index contributed by atoms with van der Waals surface area (Å²) < 4.78 is 16.6. The summed E-state index contributed by atoms with van der Waals surface area (Å²) in [5.74, 6) is -0.0174. The van der Waals surface area contributed by atoms with Gasteiger partial charge in [0, 0.05) is 4.47 Å². The Morgan fingerprint density at radius 3 is 2.00 bits per heavy atom. The Bertz CT molecular complexity index is 431. The molecule has 1 N–H and O–H groups in total. The van der Waals surface area contributed by atoms with Gasteiger partial charge in [-0.1, -0.05) is 15.9 Å². The Balaban J connectivity index is 3.26. The first kappa shape index (κ1) is 14.6. The summed E-state index contributed by atoms with van der Waals surface area (Å²) in [4.78, 5) is 11.1. The zero-order chi connectivity index (χ0) is 13.9. The number of carboxylic acid groups (broad SMARTS) is 1. The van der Waals surface area contributed by atoms with Crippen LogP contribution >= 0.6 is 15.9 Å². The number of benzene rings is 1. The van der Waals surface area contributed by atoms with Gasteiger partial charge in [0.1, 0.15) is 0 Å². The highest BCUT2D eigenvalue weighted by molar-refractivity contribution is 9.10. The van der Waals surface area contributed by atoms with Crippen LogP contribution in [0, 0.1) is 0 Å². The van der Waals surface area contributed by atoms with Crippen molar-refractivity contribution < 1.29 is 24.1 Å². The molecular formula is C12H15BrO5. The molecule has 0 fully saturated rings. The number of ether oxygens (including phenoxy) is 3. The molecule has 0 saturated carbocycles. The maximum absolute atomic E-state index is 11.1. The molecule has 0 aromatic heterocycles. The molecule has 100 valence electrons. The molecule has 5 nitrogen and oxygen atoms in total. The molecule has 0 heterocycles. The quantitative estimate of drug-likeness (QED) is 0.904. The van der Waals surface area contributed by atoms with Crippen LogP contribution in [-0.2, 0) is 4.79 Å². The Morgan fingerprint density at radius 1 is 1.22 bits per heavy atom. The summed E-state index contributed by atoms with van der Waals surface area (Å²) in [6, 6.07) is 3.35. The van der Waals surface area contributed by atoms with E-state index in [1.165, 1.54) is 28.1 Å². The van der Waals surface area contributed by atoms with Crippen LogP contribution in [0.4, 0.5) is 0 Å². The molecule has 18 heavy (non-hydrogen) atoms. The molecule has 0 atom stereocenters. The van der Waals surface area contributed by atoms with E-state index < -0.39 is 11.6 Å². The van der Waals surface area contributed by atoms with Gasteiger partial charge in [-0.3, -0.25) is 0 Å². The third-order valence-electron chi connectivity index (χ3n) is 2.30. The van der Waals surface area contributed by atoms with E-state index in [-0.39, 0.29) is 5.75 Å². The molecule has 0 radical (unpaired) electrons. The van der Waals surface area contributed by atoms with E-state index in [9.17, 15) is 4.79 Å². The van der Waals surface area contributed by atoms with Crippen LogP contribution in [0.1, 0.15) is 13.8 Å². The maximum atomic E-state index is 11.1. The van der Waals surface area contributed by atoms with Gasteiger partial charge in [-0.2, -0.15) is 0 Å². The largest absolute Gasteiger partial charge is 0.493 e. The van der Waals surface area contributed by atoms with Gasteiger partial charge in [0.15, 0.2) is 17.1 Å². The number of hydrogen-bond acceptors (Lipinski definition) is 4. The molecule has 0 bridgehead atoms. The summed E-state index contributed by atoms with van der Waals surface area (Å²) in [6.45, 7) is 2.91. The summed E-state index contributed by atoms with van der Waals surface area (Å²) in [6.07, 6.45) is 0. The first-order chi connectivity index (χ1) is 8.31. The minimum Gasteiger partial charge on any atom is -0.493 e. The summed E-state index contributed by atoms with van der Waals surface area (Å²) in [5.41, 5.74) is -1.38. The fourth-order valence-electron chi connectivity index (χ4n) is 1.25. The molecule has 0 spiro atoms. The standard InChI is InChI=1S/C12H15BrO5/c1-12(2,11(14)15)18-10-8(16-3)5-7(13)6-9(10)17-4/h5-6H,1-4H3,(H,14,15). The zero-order valence-corrected chi connectivity index (χ0v) is 12.2. The van der Waals surface area contributed by atoms with Crippen molar-refractivity contribution >= 4 is 21.9 Å². The van der Waals surface area contributed by atoms with Gasteiger partial charge in [0.05, 0.1) is 14.2 Å². The minimum atomic E-state index is -1.38. The molecule has 6 heteroatoms. The third kappa shape index (κ3) is 3.07. The Kier molecular flexibility index (Phi) is 4.45. The van der Waals surface area contributed by atoms with E-state index in [2.05, 4.69) is 15.9 Å². The predicted octanol–water partition coefficient (Wildman–Crippen LogP) is 2.71.